The Morgan fingerprint density at radius 2 is 2.17 bits per heavy atom. The van der Waals surface area contributed by atoms with Crippen LogP contribution < -0.4 is 4.74 Å². The van der Waals surface area contributed by atoms with Gasteiger partial charge in [-0.1, -0.05) is 25.5 Å². The fraction of sp³-hybridized carbons (Fsp3) is 0.526. The molecule has 2 atom stereocenters. The summed E-state index contributed by atoms with van der Waals surface area (Å²) in [6, 6.07) is 2.73. The Hall–Kier alpha value is -1.88. The number of allylic oxidation sites excluding steroid dienone is 2. The molecule has 4 nitrogen and oxygen atoms in total. The maximum atomic E-state index is 13.7. The Balaban J connectivity index is 1.70. The van der Waals surface area contributed by atoms with E-state index in [4.69, 9.17) is 14.2 Å². The van der Waals surface area contributed by atoms with E-state index in [-0.39, 0.29) is 42.4 Å². The minimum atomic E-state index is -0.386. The third-order valence-corrected chi connectivity index (χ3v) is 4.80. The van der Waals surface area contributed by atoms with E-state index in [9.17, 15) is 9.18 Å². The highest BCUT2D eigenvalue weighted by Crippen LogP contribution is 2.59. The van der Waals surface area contributed by atoms with Crippen molar-refractivity contribution in [1.82, 2.24) is 0 Å². The summed E-state index contributed by atoms with van der Waals surface area (Å²) < 4.78 is 29.8. The highest BCUT2D eigenvalue weighted by Gasteiger charge is 2.61. The van der Waals surface area contributed by atoms with Crippen LogP contribution in [-0.4, -0.2) is 12.8 Å². The number of ether oxygens (including phenoxy) is 3. The van der Waals surface area contributed by atoms with Crippen molar-refractivity contribution in [2.24, 2.45) is 17.3 Å². The van der Waals surface area contributed by atoms with Crippen molar-refractivity contribution in [3.63, 3.8) is 0 Å². The van der Waals surface area contributed by atoms with Crippen LogP contribution in [0.1, 0.15) is 38.8 Å². The average Bonchev–Trinajstić information content (AvgIpc) is 3.04. The molecule has 3 rings (SSSR count). The molecule has 0 radical (unpaired) electrons. The number of esters is 1. The first-order valence-electron chi connectivity index (χ1n) is 8.14. The van der Waals surface area contributed by atoms with Crippen molar-refractivity contribution in [1.29, 1.82) is 0 Å². The van der Waals surface area contributed by atoms with E-state index in [2.05, 4.69) is 19.9 Å². The van der Waals surface area contributed by atoms with Crippen molar-refractivity contribution in [3.05, 3.63) is 40.7 Å². The molecular weight excluding hydrogens is 311 g/mol. The van der Waals surface area contributed by atoms with Gasteiger partial charge in [0.25, 0.3) is 0 Å². The second kappa shape index (κ2) is 6.20. The molecule has 0 aromatic heterocycles. The molecule has 5 heteroatoms. The molecule has 24 heavy (non-hydrogen) atoms. The Kier molecular flexibility index (Phi) is 4.38. The van der Waals surface area contributed by atoms with E-state index in [1.807, 2.05) is 13.8 Å². The van der Waals surface area contributed by atoms with Gasteiger partial charge in [-0.3, -0.25) is 4.79 Å². The van der Waals surface area contributed by atoms with Crippen molar-refractivity contribution >= 4 is 5.97 Å². The standard InChI is InChI=1S/C19H23FO4/c1-11(2)5-15-16(19(15,3)4)18(21)23-9-13-7-14(20)6-12-8-22-10-24-17(12)13/h5-7,15-16H,8-10H2,1-4H3. The van der Waals surface area contributed by atoms with Crippen molar-refractivity contribution in [3.8, 4) is 5.75 Å². The van der Waals surface area contributed by atoms with Gasteiger partial charge in [-0.2, -0.15) is 0 Å². The largest absolute Gasteiger partial charge is 0.467 e. The van der Waals surface area contributed by atoms with Crippen LogP contribution in [0.4, 0.5) is 4.39 Å². The summed E-state index contributed by atoms with van der Waals surface area (Å²) in [6.07, 6.45) is 2.12. The van der Waals surface area contributed by atoms with Crippen molar-refractivity contribution in [2.45, 2.75) is 40.9 Å². The highest BCUT2D eigenvalue weighted by molar-refractivity contribution is 5.78. The van der Waals surface area contributed by atoms with Crippen LogP contribution in [-0.2, 0) is 27.5 Å². The molecule has 0 N–H and O–H groups in total. The number of carbonyl (C=O) groups excluding carboxylic acids is 1. The Morgan fingerprint density at radius 3 is 2.88 bits per heavy atom. The molecule has 0 amide bonds. The Morgan fingerprint density at radius 1 is 1.42 bits per heavy atom. The Bertz CT molecular complexity index is 689. The van der Waals surface area contributed by atoms with Gasteiger partial charge in [0, 0.05) is 11.1 Å². The van der Waals surface area contributed by atoms with Gasteiger partial charge in [-0.15, -0.1) is 0 Å². The zero-order valence-electron chi connectivity index (χ0n) is 14.5. The summed E-state index contributed by atoms with van der Waals surface area (Å²) in [4.78, 5) is 12.4. The van der Waals surface area contributed by atoms with Gasteiger partial charge in [0.05, 0.1) is 12.5 Å². The van der Waals surface area contributed by atoms with Gasteiger partial charge in [0.15, 0.2) is 6.79 Å². The lowest BCUT2D eigenvalue weighted by Gasteiger charge is -2.20. The lowest BCUT2D eigenvalue weighted by atomic mass is 10.1. The third kappa shape index (κ3) is 3.18. The average molecular weight is 334 g/mol. The third-order valence-electron chi connectivity index (χ3n) is 4.80. The maximum Gasteiger partial charge on any atom is 0.310 e. The lowest BCUT2D eigenvalue weighted by Crippen LogP contribution is -2.16. The fourth-order valence-electron chi connectivity index (χ4n) is 3.40. The summed E-state index contributed by atoms with van der Waals surface area (Å²) in [5.41, 5.74) is 2.27. The molecule has 1 fully saturated rings. The fourth-order valence-corrected chi connectivity index (χ4v) is 3.40. The monoisotopic (exact) mass is 334 g/mol. The number of carbonyl (C=O) groups is 1. The molecular formula is C19H23FO4. The van der Waals surface area contributed by atoms with E-state index in [1.54, 1.807) is 0 Å². The van der Waals surface area contributed by atoms with Crippen LogP contribution in [0.25, 0.3) is 0 Å². The van der Waals surface area contributed by atoms with Crippen molar-refractivity contribution < 1.29 is 23.4 Å². The molecule has 1 aromatic carbocycles. The van der Waals surface area contributed by atoms with E-state index < -0.39 is 0 Å². The number of fused-ring (bicyclic) bond motifs is 1. The highest BCUT2D eigenvalue weighted by atomic mass is 19.1. The molecule has 1 saturated carbocycles. The van der Waals surface area contributed by atoms with Crippen LogP contribution >= 0.6 is 0 Å². The molecule has 2 unspecified atom stereocenters. The molecule has 1 aliphatic carbocycles. The summed E-state index contributed by atoms with van der Waals surface area (Å²) >= 11 is 0. The van der Waals surface area contributed by atoms with Gasteiger partial charge < -0.3 is 14.2 Å². The van der Waals surface area contributed by atoms with Crippen LogP contribution in [0, 0.1) is 23.1 Å². The van der Waals surface area contributed by atoms with Crippen LogP contribution in [0.15, 0.2) is 23.8 Å². The molecule has 2 aliphatic rings. The first-order valence-corrected chi connectivity index (χ1v) is 8.14. The lowest BCUT2D eigenvalue weighted by molar-refractivity contribution is -0.147. The number of benzene rings is 1. The van der Waals surface area contributed by atoms with E-state index >= 15 is 0 Å². The summed E-state index contributed by atoms with van der Waals surface area (Å²) in [7, 11) is 0. The molecule has 1 aromatic rings. The van der Waals surface area contributed by atoms with Crippen LogP contribution in [0.5, 0.6) is 5.75 Å². The first kappa shape index (κ1) is 17.0. The van der Waals surface area contributed by atoms with Gasteiger partial charge in [0.1, 0.15) is 18.2 Å². The summed E-state index contributed by atoms with van der Waals surface area (Å²) in [6.45, 7) is 8.60. The van der Waals surface area contributed by atoms with Gasteiger partial charge in [-0.05, 0) is 37.3 Å². The zero-order valence-corrected chi connectivity index (χ0v) is 14.5. The quantitative estimate of drug-likeness (QED) is 0.617. The second-order valence-electron chi connectivity index (χ2n) is 7.34. The van der Waals surface area contributed by atoms with E-state index in [1.165, 1.54) is 17.7 Å². The normalized spacial score (nSPS) is 23.7. The van der Waals surface area contributed by atoms with E-state index in [0.29, 0.717) is 23.5 Å². The van der Waals surface area contributed by atoms with Crippen molar-refractivity contribution in [2.75, 3.05) is 6.79 Å². The maximum absolute atomic E-state index is 13.7. The number of hydrogen-bond acceptors (Lipinski definition) is 4. The topological polar surface area (TPSA) is 44.8 Å². The molecule has 0 spiro atoms. The summed E-state index contributed by atoms with van der Waals surface area (Å²) in [5, 5.41) is 0. The molecule has 1 heterocycles. The summed E-state index contributed by atoms with van der Waals surface area (Å²) in [5.74, 6) is -0.0240. The minimum Gasteiger partial charge on any atom is -0.467 e. The molecule has 1 aliphatic heterocycles. The zero-order chi connectivity index (χ0) is 17.5. The van der Waals surface area contributed by atoms with Crippen LogP contribution in [0.2, 0.25) is 0 Å². The number of hydrogen-bond donors (Lipinski definition) is 0. The van der Waals surface area contributed by atoms with Gasteiger partial charge >= 0.3 is 5.97 Å². The van der Waals surface area contributed by atoms with Gasteiger partial charge in [0.2, 0.25) is 0 Å². The second-order valence-corrected chi connectivity index (χ2v) is 7.34. The predicted molar refractivity (Wildman–Crippen MR) is 86.7 cm³/mol. The first-order chi connectivity index (χ1) is 11.3. The van der Waals surface area contributed by atoms with E-state index in [0.717, 1.165) is 0 Å². The smallest absolute Gasteiger partial charge is 0.310 e. The number of halogens is 1. The van der Waals surface area contributed by atoms with Crippen LogP contribution in [0.3, 0.4) is 0 Å². The molecule has 0 bridgehead atoms. The number of rotatable bonds is 4. The SMILES string of the molecule is CC(C)=CC1C(C(=O)OCc2cc(F)cc3c2OCOC3)C1(C)C. The molecule has 0 saturated heterocycles. The van der Waals surface area contributed by atoms with Gasteiger partial charge in [-0.25, -0.2) is 4.39 Å². The molecule has 130 valence electrons. The minimum absolute atomic E-state index is 0.00699. The predicted octanol–water partition coefficient (Wildman–Crippen LogP) is 3.97. The Labute approximate surface area is 141 Å².